The molecule has 4 aliphatic carbocycles. The molecule has 6 heteroatoms. The first-order valence-corrected chi connectivity index (χ1v) is 15.9. The summed E-state index contributed by atoms with van der Waals surface area (Å²) in [4.78, 5) is 0. The Morgan fingerprint density at radius 3 is 2.59 bits per heavy atom. The number of fused-ring (bicyclic) bond motifs is 3. The van der Waals surface area contributed by atoms with E-state index >= 15 is 0 Å². The van der Waals surface area contributed by atoms with E-state index in [9.17, 15) is 0 Å². The molecule has 0 amide bonds. The first-order chi connectivity index (χ1) is 15.2. The van der Waals surface area contributed by atoms with Crippen LogP contribution in [0.5, 0.6) is 0 Å². The third-order valence-corrected chi connectivity index (χ3v) is 10.6. The van der Waals surface area contributed by atoms with Gasteiger partial charge in [-0.25, -0.2) is 0 Å². The highest BCUT2D eigenvalue weighted by molar-refractivity contribution is 6.69. The molecule has 5 rings (SSSR count). The van der Waals surface area contributed by atoms with Gasteiger partial charge < -0.3 is 23.4 Å². The number of methoxy groups -OCH3 is 2. The number of ether oxygens (including phenoxy) is 4. The molecule has 1 saturated heterocycles. The second kappa shape index (κ2) is 7.75. The molecule has 0 radical (unpaired) electrons. The van der Waals surface area contributed by atoms with Gasteiger partial charge in [-0.2, -0.15) is 0 Å². The van der Waals surface area contributed by atoms with E-state index in [1.54, 1.807) is 14.2 Å². The summed E-state index contributed by atoms with van der Waals surface area (Å²) >= 11 is 0. The summed E-state index contributed by atoms with van der Waals surface area (Å²) in [7, 11) is 1.72. The van der Waals surface area contributed by atoms with E-state index in [1.807, 2.05) is 0 Å². The Hall–Kier alpha value is -0.503. The third kappa shape index (κ3) is 2.99. The molecule has 0 aromatic rings. The maximum absolute atomic E-state index is 7.37. The van der Waals surface area contributed by atoms with E-state index in [0.29, 0.717) is 18.6 Å². The third-order valence-electron chi connectivity index (χ3n) is 9.61. The molecule has 0 aromatic heterocycles. The maximum Gasteiger partial charge on any atom is 0.184 e. The fraction of sp³-hybridized carbons (Fsp3) is 0.846. The van der Waals surface area contributed by atoms with E-state index < -0.39 is 8.32 Å². The lowest BCUT2D eigenvalue weighted by atomic mass is 9.46. The Bertz CT molecular complexity index is 801. The molecule has 3 fully saturated rings. The zero-order valence-electron chi connectivity index (χ0n) is 20.9. The van der Waals surface area contributed by atoms with Crippen LogP contribution in [0.4, 0.5) is 0 Å². The topological polar surface area (TPSA) is 46.2 Å². The second-order valence-electron chi connectivity index (χ2n) is 12.0. The summed E-state index contributed by atoms with van der Waals surface area (Å²) in [5.74, 6) is 0.699. The molecule has 1 heterocycles. The van der Waals surface area contributed by atoms with Gasteiger partial charge in [-0.15, -0.1) is 0 Å². The summed E-state index contributed by atoms with van der Waals surface area (Å²) in [6, 6.07) is 0. The maximum atomic E-state index is 7.37. The number of hydrogen-bond acceptors (Lipinski definition) is 5. The summed E-state index contributed by atoms with van der Waals surface area (Å²) in [5.41, 5.74) is 1.05. The summed E-state index contributed by atoms with van der Waals surface area (Å²) in [6.07, 6.45) is 14.7. The quantitative estimate of drug-likeness (QED) is 0.310. The van der Waals surface area contributed by atoms with Gasteiger partial charge in [-0.3, -0.25) is 0 Å². The predicted octanol–water partition coefficient (Wildman–Crippen LogP) is 5.43. The van der Waals surface area contributed by atoms with Gasteiger partial charge in [0, 0.05) is 31.5 Å². The summed E-state index contributed by atoms with van der Waals surface area (Å²) < 4.78 is 31.6. The molecule has 0 N–H and O–H groups in total. The van der Waals surface area contributed by atoms with Crippen molar-refractivity contribution in [3.8, 4) is 0 Å². The highest BCUT2D eigenvalue weighted by atomic mass is 28.4. The number of allylic oxidation sites excluding steroid dienone is 2. The van der Waals surface area contributed by atoms with Crippen LogP contribution in [-0.2, 0) is 23.4 Å². The number of rotatable bonds is 5. The van der Waals surface area contributed by atoms with Crippen LogP contribution in [0.1, 0.15) is 51.9 Å². The van der Waals surface area contributed by atoms with Crippen LogP contribution in [0.15, 0.2) is 23.8 Å². The van der Waals surface area contributed by atoms with Gasteiger partial charge >= 0.3 is 0 Å². The molecular formula is C26H42O5Si. The zero-order chi connectivity index (χ0) is 22.8. The Labute approximate surface area is 195 Å². The monoisotopic (exact) mass is 462 g/mol. The standard InChI is InChI=1S/C26H42O5Si/c1-23-14-9-19-20(10-15-25-13-8-7-12-24(19,25)17-29-18-30-25)26(23,31-32(4,5)6)16-11-21(23)22(27-2)28-3/h7,9,12,20-22H,8,10-11,13-18H2,1-6H3/t20?,21-,23-,24+,25+,26+/m1/s1. The minimum absolute atomic E-state index is 0.0243. The minimum Gasteiger partial charge on any atom is -0.411 e. The first-order valence-electron chi connectivity index (χ1n) is 12.5. The Balaban J connectivity index is 1.65. The fourth-order valence-electron chi connectivity index (χ4n) is 8.38. The molecule has 0 aromatic carbocycles. The fourth-order valence-corrected chi connectivity index (χ4v) is 9.95. The Morgan fingerprint density at radius 1 is 1.09 bits per heavy atom. The Morgan fingerprint density at radius 2 is 1.88 bits per heavy atom. The average Bonchev–Trinajstić information content (AvgIpc) is 3.05. The van der Waals surface area contributed by atoms with Crippen molar-refractivity contribution in [1.82, 2.24) is 0 Å². The predicted molar refractivity (Wildman–Crippen MR) is 127 cm³/mol. The molecule has 6 atom stereocenters. The van der Waals surface area contributed by atoms with Gasteiger partial charge in [0.1, 0.15) is 6.79 Å². The van der Waals surface area contributed by atoms with Crippen LogP contribution in [-0.4, -0.2) is 53.4 Å². The normalized spacial score (nSPS) is 45.7. The molecule has 180 valence electrons. The van der Waals surface area contributed by atoms with Crippen molar-refractivity contribution in [2.75, 3.05) is 27.6 Å². The average molecular weight is 463 g/mol. The lowest BCUT2D eigenvalue weighted by molar-refractivity contribution is -0.267. The van der Waals surface area contributed by atoms with Crippen LogP contribution in [0.2, 0.25) is 19.6 Å². The second-order valence-corrected chi connectivity index (χ2v) is 16.4. The van der Waals surface area contributed by atoms with Gasteiger partial charge in [-0.1, -0.05) is 30.7 Å². The van der Waals surface area contributed by atoms with Crippen molar-refractivity contribution >= 4 is 8.32 Å². The molecule has 1 aliphatic heterocycles. The van der Waals surface area contributed by atoms with Gasteiger partial charge in [0.25, 0.3) is 0 Å². The molecule has 2 saturated carbocycles. The van der Waals surface area contributed by atoms with Gasteiger partial charge in [-0.05, 0) is 64.6 Å². The molecule has 5 nitrogen and oxygen atoms in total. The van der Waals surface area contributed by atoms with Crippen LogP contribution in [0, 0.1) is 22.7 Å². The first kappa shape index (κ1) is 23.2. The van der Waals surface area contributed by atoms with Gasteiger partial charge in [0.05, 0.1) is 23.2 Å². The molecule has 1 unspecified atom stereocenters. The lowest BCUT2D eigenvalue weighted by Crippen LogP contribution is -2.67. The van der Waals surface area contributed by atoms with Crippen LogP contribution in [0.25, 0.3) is 0 Å². The van der Waals surface area contributed by atoms with E-state index in [-0.39, 0.29) is 28.3 Å². The van der Waals surface area contributed by atoms with Crippen molar-refractivity contribution in [1.29, 1.82) is 0 Å². The lowest BCUT2D eigenvalue weighted by Gasteiger charge is -2.65. The van der Waals surface area contributed by atoms with E-state index in [1.165, 1.54) is 5.57 Å². The summed E-state index contributed by atoms with van der Waals surface area (Å²) in [6.45, 7) is 10.6. The van der Waals surface area contributed by atoms with E-state index in [2.05, 4.69) is 44.8 Å². The largest absolute Gasteiger partial charge is 0.411 e. The molecular weight excluding hydrogens is 420 g/mol. The minimum atomic E-state index is -1.83. The van der Waals surface area contributed by atoms with Crippen LogP contribution >= 0.6 is 0 Å². The molecule has 32 heavy (non-hydrogen) atoms. The SMILES string of the molecule is COC(OC)[C@H]1CC[C@]2(O[Si](C)(C)C)C3CC[C@@]45CCC=C[C@]4(COCO5)C3=CC[C@]12C. The van der Waals surface area contributed by atoms with Crippen molar-refractivity contribution in [3.05, 3.63) is 23.8 Å². The van der Waals surface area contributed by atoms with Gasteiger partial charge in [0.15, 0.2) is 14.6 Å². The van der Waals surface area contributed by atoms with Crippen molar-refractivity contribution in [3.63, 3.8) is 0 Å². The molecule has 0 spiro atoms. The number of hydrogen-bond donors (Lipinski definition) is 0. The summed E-state index contributed by atoms with van der Waals surface area (Å²) in [5, 5.41) is 0. The Kier molecular flexibility index (Phi) is 5.63. The molecule has 0 bridgehead atoms. The van der Waals surface area contributed by atoms with Crippen LogP contribution in [0.3, 0.4) is 0 Å². The van der Waals surface area contributed by atoms with Crippen molar-refractivity contribution < 1.29 is 23.4 Å². The highest BCUT2D eigenvalue weighted by Crippen LogP contribution is 2.70. The smallest absolute Gasteiger partial charge is 0.184 e. The molecule has 5 aliphatic rings. The van der Waals surface area contributed by atoms with Gasteiger partial charge in [0.2, 0.25) is 0 Å². The van der Waals surface area contributed by atoms with E-state index in [4.69, 9.17) is 23.4 Å². The van der Waals surface area contributed by atoms with Crippen molar-refractivity contribution in [2.24, 2.45) is 22.7 Å². The van der Waals surface area contributed by atoms with Crippen molar-refractivity contribution in [2.45, 2.75) is 89.0 Å². The highest BCUT2D eigenvalue weighted by Gasteiger charge is 2.71. The van der Waals surface area contributed by atoms with E-state index in [0.717, 1.165) is 51.6 Å². The van der Waals surface area contributed by atoms with Crippen LogP contribution < -0.4 is 0 Å². The zero-order valence-corrected chi connectivity index (χ0v) is 21.9.